The monoisotopic (exact) mass is 389 g/mol. The first-order valence-corrected chi connectivity index (χ1v) is 10.8. The van der Waals surface area contributed by atoms with E-state index in [1.165, 1.54) is 12.7 Å². The van der Waals surface area contributed by atoms with Gasteiger partial charge in [-0.25, -0.2) is 13.1 Å². The lowest BCUT2D eigenvalue weighted by Gasteiger charge is -2.22. The Morgan fingerprint density at radius 3 is 2.19 bits per heavy atom. The van der Waals surface area contributed by atoms with Crippen LogP contribution in [0, 0.1) is 0 Å². The Hall–Kier alpha value is -2.05. The molecule has 1 aliphatic carbocycles. The van der Waals surface area contributed by atoms with Gasteiger partial charge in [-0.1, -0.05) is 19.1 Å². The van der Waals surface area contributed by atoms with Gasteiger partial charge in [0.15, 0.2) is 0 Å². The maximum absolute atomic E-state index is 13.1. The number of benzene rings is 2. The van der Waals surface area contributed by atoms with Gasteiger partial charge in [0.1, 0.15) is 16.4 Å². The van der Waals surface area contributed by atoms with Gasteiger partial charge in [-0.2, -0.15) is 0 Å². The highest BCUT2D eigenvalue weighted by molar-refractivity contribution is 7.89. The summed E-state index contributed by atoms with van der Waals surface area (Å²) in [5, 5.41) is 0. The molecule has 0 saturated carbocycles. The second-order valence-corrected chi connectivity index (χ2v) is 8.52. The van der Waals surface area contributed by atoms with Crippen molar-refractivity contribution in [2.45, 2.75) is 50.0 Å². The molecular formula is C21H27NO4S. The van der Waals surface area contributed by atoms with Gasteiger partial charge in [0, 0.05) is 6.04 Å². The number of hydrogen-bond acceptors (Lipinski definition) is 4. The molecule has 0 fully saturated rings. The number of methoxy groups -OCH3 is 2. The smallest absolute Gasteiger partial charge is 0.244 e. The Bertz CT molecular complexity index is 891. The van der Waals surface area contributed by atoms with E-state index in [0.29, 0.717) is 12.2 Å². The molecule has 0 bridgehead atoms. The summed E-state index contributed by atoms with van der Waals surface area (Å²) in [7, 11) is -0.591. The first-order valence-electron chi connectivity index (χ1n) is 9.34. The van der Waals surface area contributed by atoms with Crippen LogP contribution in [0.4, 0.5) is 0 Å². The molecule has 0 heterocycles. The summed E-state index contributed by atoms with van der Waals surface area (Å²) in [5.41, 5.74) is 3.21. The fourth-order valence-corrected chi connectivity index (χ4v) is 5.09. The van der Waals surface area contributed by atoms with Crippen LogP contribution < -0.4 is 14.2 Å². The first-order chi connectivity index (χ1) is 13.0. The highest BCUT2D eigenvalue weighted by Crippen LogP contribution is 2.33. The molecule has 1 aliphatic rings. The van der Waals surface area contributed by atoms with E-state index >= 15 is 0 Å². The lowest BCUT2D eigenvalue weighted by molar-refractivity contribution is 0.400. The quantitative estimate of drug-likeness (QED) is 0.777. The summed E-state index contributed by atoms with van der Waals surface area (Å²) in [4.78, 5) is 0.220. The average molecular weight is 390 g/mol. The van der Waals surface area contributed by atoms with Crippen molar-refractivity contribution in [3.8, 4) is 11.5 Å². The molecule has 146 valence electrons. The number of aryl methyl sites for hydroxylation is 2. The standard InChI is InChI=1S/C21H27NO4S/c1-4-19(15-9-11-18(25-2)12-10-15)22-27(23,24)21-14-17-8-6-5-7-16(17)13-20(21)26-3/h9-14,19,22H,4-8H2,1-3H3. The van der Waals surface area contributed by atoms with Gasteiger partial charge < -0.3 is 9.47 Å². The summed E-state index contributed by atoms with van der Waals surface area (Å²) in [6.07, 6.45) is 4.75. The number of sulfonamides is 1. The summed E-state index contributed by atoms with van der Waals surface area (Å²) < 4.78 is 39.7. The van der Waals surface area contributed by atoms with Gasteiger partial charge in [0.2, 0.25) is 10.0 Å². The van der Waals surface area contributed by atoms with Crippen molar-refractivity contribution in [2.75, 3.05) is 14.2 Å². The fraction of sp³-hybridized carbons (Fsp3) is 0.429. The fourth-order valence-electron chi connectivity index (χ4n) is 3.58. The molecule has 0 saturated heterocycles. The lowest BCUT2D eigenvalue weighted by Crippen LogP contribution is -2.29. The molecule has 2 aromatic rings. The van der Waals surface area contributed by atoms with Gasteiger partial charge in [-0.3, -0.25) is 0 Å². The summed E-state index contributed by atoms with van der Waals surface area (Å²) in [5.74, 6) is 1.15. The third kappa shape index (κ3) is 4.28. The summed E-state index contributed by atoms with van der Waals surface area (Å²) >= 11 is 0. The zero-order chi connectivity index (χ0) is 19.4. The van der Waals surface area contributed by atoms with Gasteiger partial charge in [0.05, 0.1) is 14.2 Å². The van der Waals surface area contributed by atoms with Crippen LogP contribution in [0.2, 0.25) is 0 Å². The highest BCUT2D eigenvalue weighted by Gasteiger charge is 2.26. The lowest BCUT2D eigenvalue weighted by atomic mass is 9.92. The van der Waals surface area contributed by atoms with Crippen molar-refractivity contribution in [1.82, 2.24) is 4.72 Å². The van der Waals surface area contributed by atoms with Crippen LogP contribution in [0.15, 0.2) is 41.3 Å². The predicted octanol–water partition coefficient (Wildman–Crippen LogP) is 4.01. The van der Waals surface area contributed by atoms with E-state index in [2.05, 4.69) is 4.72 Å². The molecule has 1 atom stereocenters. The van der Waals surface area contributed by atoms with Crippen LogP contribution in [0.5, 0.6) is 11.5 Å². The van der Waals surface area contributed by atoms with Crippen LogP contribution in [0.3, 0.4) is 0 Å². The van der Waals surface area contributed by atoms with Crippen molar-refractivity contribution in [3.05, 3.63) is 53.1 Å². The molecule has 0 aliphatic heterocycles. The minimum Gasteiger partial charge on any atom is -0.497 e. The second kappa shape index (κ2) is 8.31. The van der Waals surface area contributed by atoms with Crippen LogP contribution in [0.25, 0.3) is 0 Å². The maximum atomic E-state index is 13.1. The molecule has 3 rings (SSSR count). The third-order valence-electron chi connectivity index (χ3n) is 5.14. The molecule has 1 N–H and O–H groups in total. The average Bonchev–Trinajstić information content (AvgIpc) is 2.71. The van der Waals surface area contributed by atoms with Gasteiger partial charge in [-0.05, 0) is 73.1 Å². The van der Waals surface area contributed by atoms with E-state index in [9.17, 15) is 8.42 Å². The number of fused-ring (bicyclic) bond motifs is 1. The van der Waals surface area contributed by atoms with Crippen molar-refractivity contribution in [1.29, 1.82) is 0 Å². The van der Waals surface area contributed by atoms with Gasteiger partial charge in [0.25, 0.3) is 0 Å². The van der Waals surface area contributed by atoms with Crippen LogP contribution in [0.1, 0.15) is 48.9 Å². The van der Waals surface area contributed by atoms with Crippen LogP contribution in [-0.2, 0) is 22.9 Å². The van der Waals surface area contributed by atoms with Crippen molar-refractivity contribution < 1.29 is 17.9 Å². The second-order valence-electron chi connectivity index (χ2n) is 6.83. The normalized spacial score (nSPS) is 15.1. The highest BCUT2D eigenvalue weighted by atomic mass is 32.2. The van der Waals surface area contributed by atoms with Crippen LogP contribution >= 0.6 is 0 Å². The molecule has 0 aromatic heterocycles. The molecular weight excluding hydrogens is 362 g/mol. The Kier molecular flexibility index (Phi) is 6.07. The topological polar surface area (TPSA) is 64.6 Å². The van der Waals surface area contributed by atoms with Crippen molar-refractivity contribution >= 4 is 10.0 Å². The van der Waals surface area contributed by atoms with Gasteiger partial charge in [-0.15, -0.1) is 0 Å². The Balaban J connectivity index is 1.92. The maximum Gasteiger partial charge on any atom is 0.244 e. The molecule has 0 spiro atoms. The Morgan fingerprint density at radius 2 is 1.63 bits per heavy atom. The van der Waals surface area contributed by atoms with E-state index in [1.807, 2.05) is 37.3 Å². The zero-order valence-electron chi connectivity index (χ0n) is 16.1. The minimum atomic E-state index is -3.72. The first kappa shape index (κ1) is 19.7. The molecule has 6 heteroatoms. The molecule has 27 heavy (non-hydrogen) atoms. The third-order valence-corrected chi connectivity index (χ3v) is 6.63. The zero-order valence-corrected chi connectivity index (χ0v) is 16.9. The van der Waals surface area contributed by atoms with E-state index < -0.39 is 10.0 Å². The SMILES string of the molecule is CCC(NS(=O)(=O)c1cc2c(cc1OC)CCCC2)c1ccc(OC)cc1. The molecule has 2 aromatic carbocycles. The van der Waals surface area contributed by atoms with E-state index in [-0.39, 0.29) is 10.9 Å². The van der Waals surface area contributed by atoms with Crippen molar-refractivity contribution in [3.63, 3.8) is 0 Å². The molecule has 5 nitrogen and oxygen atoms in total. The van der Waals surface area contributed by atoms with E-state index in [0.717, 1.165) is 42.6 Å². The van der Waals surface area contributed by atoms with Gasteiger partial charge >= 0.3 is 0 Å². The summed E-state index contributed by atoms with van der Waals surface area (Å²) in [6, 6.07) is 10.8. The van der Waals surface area contributed by atoms with Crippen LogP contribution in [-0.4, -0.2) is 22.6 Å². The molecule has 0 radical (unpaired) electrons. The summed E-state index contributed by atoms with van der Waals surface area (Å²) in [6.45, 7) is 1.96. The molecule has 0 amide bonds. The molecule has 1 unspecified atom stereocenters. The van der Waals surface area contributed by atoms with E-state index in [1.54, 1.807) is 13.2 Å². The van der Waals surface area contributed by atoms with Crippen molar-refractivity contribution in [2.24, 2.45) is 0 Å². The number of ether oxygens (including phenoxy) is 2. The number of nitrogens with one attached hydrogen (secondary N) is 1. The van der Waals surface area contributed by atoms with E-state index in [4.69, 9.17) is 9.47 Å². The number of hydrogen-bond donors (Lipinski definition) is 1. The Labute approximate surface area is 161 Å². The predicted molar refractivity (Wildman–Crippen MR) is 106 cm³/mol. The minimum absolute atomic E-state index is 0.220. The Morgan fingerprint density at radius 1 is 1.00 bits per heavy atom. The largest absolute Gasteiger partial charge is 0.497 e. The number of rotatable bonds is 7.